The van der Waals surface area contributed by atoms with Crippen LogP contribution in [-0.4, -0.2) is 55.0 Å². The average Bonchev–Trinajstić information content (AvgIpc) is 3.17. The van der Waals surface area contributed by atoms with Gasteiger partial charge in [-0.2, -0.15) is 0 Å². The molecule has 1 amide bonds. The summed E-state index contributed by atoms with van der Waals surface area (Å²) in [7, 11) is 1.38. The standard InChI is InChI=1S/C20H28N2O3.ClH/c1-25-20(24)18(17-9-5-6-10-17)19(23)22-13-11-21(12-14-22)15-16-7-3-2-4-8-16;/h2-4,7-8,17-18H,5-6,9-15H2,1H3;1H. The molecule has 5 nitrogen and oxygen atoms in total. The quantitative estimate of drug-likeness (QED) is 0.582. The number of amides is 1. The number of ether oxygens (including phenoxy) is 1. The molecule has 0 spiro atoms. The van der Waals surface area contributed by atoms with E-state index in [0.29, 0.717) is 13.1 Å². The minimum atomic E-state index is -0.604. The molecule has 1 saturated heterocycles. The zero-order chi connectivity index (χ0) is 17.6. The highest BCUT2D eigenvalue weighted by molar-refractivity contribution is 5.98. The van der Waals surface area contributed by atoms with Crippen molar-refractivity contribution in [3.05, 3.63) is 35.9 Å². The van der Waals surface area contributed by atoms with E-state index in [-0.39, 0.29) is 30.2 Å². The highest BCUT2D eigenvalue weighted by atomic mass is 35.5. The average molecular weight is 381 g/mol. The largest absolute Gasteiger partial charge is 0.468 e. The van der Waals surface area contributed by atoms with Gasteiger partial charge in [-0.05, 0) is 24.3 Å². The molecule has 144 valence electrons. The Balaban J connectivity index is 0.00000243. The number of carbonyl (C=O) groups is 2. The molecule has 1 atom stereocenters. The Kier molecular flexibility index (Phi) is 7.91. The number of benzene rings is 1. The van der Waals surface area contributed by atoms with Crippen molar-refractivity contribution < 1.29 is 14.3 Å². The highest BCUT2D eigenvalue weighted by Gasteiger charge is 2.40. The van der Waals surface area contributed by atoms with Gasteiger partial charge in [0.05, 0.1) is 7.11 Å². The van der Waals surface area contributed by atoms with E-state index >= 15 is 0 Å². The van der Waals surface area contributed by atoms with E-state index in [4.69, 9.17) is 4.74 Å². The van der Waals surface area contributed by atoms with Crippen LogP contribution in [-0.2, 0) is 20.9 Å². The lowest BCUT2D eigenvalue weighted by Crippen LogP contribution is -2.52. The Morgan fingerprint density at radius 3 is 2.27 bits per heavy atom. The van der Waals surface area contributed by atoms with Crippen LogP contribution in [0.5, 0.6) is 0 Å². The normalized spacial score (nSPS) is 19.7. The molecule has 2 fully saturated rings. The molecule has 1 aromatic carbocycles. The molecule has 26 heavy (non-hydrogen) atoms. The third-order valence-electron chi connectivity index (χ3n) is 5.53. The lowest BCUT2D eigenvalue weighted by atomic mass is 9.89. The van der Waals surface area contributed by atoms with Gasteiger partial charge in [-0.1, -0.05) is 43.2 Å². The van der Waals surface area contributed by atoms with Gasteiger partial charge in [0.25, 0.3) is 0 Å². The zero-order valence-corrected chi connectivity index (χ0v) is 16.2. The van der Waals surface area contributed by atoms with Crippen LogP contribution in [0, 0.1) is 11.8 Å². The van der Waals surface area contributed by atoms with Crippen molar-refractivity contribution in [3.8, 4) is 0 Å². The van der Waals surface area contributed by atoms with Gasteiger partial charge in [-0.15, -0.1) is 12.4 Å². The molecule has 0 bridgehead atoms. The van der Waals surface area contributed by atoms with Crippen LogP contribution in [0.4, 0.5) is 0 Å². The maximum atomic E-state index is 13.0. The second-order valence-corrected chi connectivity index (χ2v) is 7.13. The number of methoxy groups -OCH3 is 1. The van der Waals surface area contributed by atoms with Crippen LogP contribution in [0.15, 0.2) is 30.3 Å². The summed E-state index contributed by atoms with van der Waals surface area (Å²) < 4.78 is 4.94. The Morgan fingerprint density at radius 1 is 1.08 bits per heavy atom. The van der Waals surface area contributed by atoms with Gasteiger partial charge in [-0.3, -0.25) is 14.5 Å². The molecule has 3 rings (SSSR count). The first-order valence-electron chi connectivity index (χ1n) is 9.32. The van der Waals surface area contributed by atoms with Gasteiger partial charge in [0.1, 0.15) is 5.92 Å². The van der Waals surface area contributed by atoms with E-state index in [2.05, 4.69) is 29.2 Å². The molecule has 0 aromatic heterocycles. The van der Waals surface area contributed by atoms with E-state index in [9.17, 15) is 9.59 Å². The van der Waals surface area contributed by atoms with Crippen molar-refractivity contribution in [2.75, 3.05) is 33.3 Å². The monoisotopic (exact) mass is 380 g/mol. The fraction of sp³-hybridized carbons (Fsp3) is 0.600. The number of hydrogen-bond acceptors (Lipinski definition) is 4. The van der Waals surface area contributed by atoms with Crippen molar-refractivity contribution in [1.29, 1.82) is 0 Å². The molecule has 0 radical (unpaired) electrons. The smallest absolute Gasteiger partial charge is 0.318 e. The molecule has 1 aliphatic carbocycles. The summed E-state index contributed by atoms with van der Waals surface area (Å²) in [6.07, 6.45) is 4.13. The van der Waals surface area contributed by atoms with E-state index in [1.165, 1.54) is 12.7 Å². The van der Waals surface area contributed by atoms with Crippen molar-refractivity contribution in [2.24, 2.45) is 11.8 Å². The predicted octanol–water partition coefficient (Wildman–Crippen LogP) is 2.73. The van der Waals surface area contributed by atoms with Gasteiger partial charge in [0, 0.05) is 32.7 Å². The van der Waals surface area contributed by atoms with Crippen molar-refractivity contribution in [3.63, 3.8) is 0 Å². The first kappa shape index (κ1) is 20.7. The number of halogens is 1. The minimum absolute atomic E-state index is 0. The van der Waals surface area contributed by atoms with Crippen LogP contribution in [0.1, 0.15) is 31.2 Å². The van der Waals surface area contributed by atoms with Crippen LogP contribution in [0.2, 0.25) is 0 Å². The summed E-state index contributed by atoms with van der Waals surface area (Å²) in [6, 6.07) is 10.4. The fourth-order valence-electron chi connectivity index (χ4n) is 4.08. The second kappa shape index (κ2) is 9.93. The van der Waals surface area contributed by atoms with Crippen LogP contribution in [0.25, 0.3) is 0 Å². The van der Waals surface area contributed by atoms with E-state index in [0.717, 1.165) is 45.3 Å². The summed E-state index contributed by atoms with van der Waals surface area (Å²) in [5.74, 6) is -0.836. The molecule has 1 heterocycles. The van der Waals surface area contributed by atoms with Crippen molar-refractivity contribution in [2.45, 2.75) is 32.2 Å². The molecule has 6 heteroatoms. The molecule has 2 aliphatic rings. The van der Waals surface area contributed by atoms with Gasteiger partial charge in [-0.25, -0.2) is 0 Å². The Hall–Kier alpha value is -1.59. The van der Waals surface area contributed by atoms with Crippen LogP contribution in [0.3, 0.4) is 0 Å². The highest BCUT2D eigenvalue weighted by Crippen LogP contribution is 2.33. The summed E-state index contributed by atoms with van der Waals surface area (Å²) >= 11 is 0. The first-order valence-corrected chi connectivity index (χ1v) is 9.32. The third-order valence-corrected chi connectivity index (χ3v) is 5.53. The van der Waals surface area contributed by atoms with E-state index in [1.807, 2.05) is 11.0 Å². The van der Waals surface area contributed by atoms with E-state index < -0.39 is 5.92 Å². The van der Waals surface area contributed by atoms with Crippen LogP contribution >= 0.6 is 12.4 Å². The maximum absolute atomic E-state index is 13.0. The Labute approximate surface area is 162 Å². The fourth-order valence-corrected chi connectivity index (χ4v) is 4.08. The van der Waals surface area contributed by atoms with Gasteiger partial charge in [0.15, 0.2) is 0 Å². The maximum Gasteiger partial charge on any atom is 0.318 e. The lowest BCUT2D eigenvalue weighted by Gasteiger charge is -2.37. The van der Waals surface area contributed by atoms with Crippen LogP contribution < -0.4 is 0 Å². The number of hydrogen-bond donors (Lipinski definition) is 0. The Bertz CT molecular complexity index is 582. The molecule has 1 unspecified atom stereocenters. The SMILES string of the molecule is COC(=O)C(C(=O)N1CCN(Cc2ccccc2)CC1)C1CCCC1.Cl. The topological polar surface area (TPSA) is 49.9 Å². The molecule has 1 aromatic rings. The van der Waals surface area contributed by atoms with Crippen molar-refractivity contribution in [1.82, 2.24) is 9.80 Å². The molecule has 0 N–H and O–H groups in total. The van der Waals surface area contributed by atoms with Gasteiger partial charge >= 0.3 is 5.97 Å². The lowest BCUT2D eigenvalue weighted by molar-refractivity contribution is -0.157. The molecular weight excluding hydrogens is 352 g/mol. The summed E-state index contributed by atoms with van der Waals surface area (Å²) in [5.41, 5.74) is 1.29. The summed E-state index contributed by atoms with van der Waals surface area (Å²) in [6.45, 7) is 3.97. The zero-order valence-electron chi connectivity index (χ0n) is 15.4. The number of esters is 1. The molecule has 1 saturated carbocycles. The Morgan fingerprint density at radius 2 is 1.69 bits per heavy atom. The number of carbonyl (C=O) groups excluding carboxylic acids is 2. The van der Waals surface area contributed by atoms with Gasteiger partial charge in [0.2, 0.25) is 5.91 Å². The second-order valence-electron chi connectivity index (χ2n) is 7.13. The number of nitrogens with zero attached hydrogens (tertiary/aromatic N) is 2. The summed E-state index contributed by atoms with van der Waals surface area (Å²) in [4.78, 5) is 29.4. The number of piperazine rings is 1. The first-order chi connectivity index (χ1) is 12.2. The molecule has 1 aliphatic heterocycles. The number of rotatable bonds is 5. The molecular formula is C20H29ClN2O3. The predicted molar refractivity (Wildman–Crippen MR) is 103 cm³/mol. The van der Waals surface area contributed by atoms with Crippen molar-refractivity contribution >= 4 is 24.3 Å². The summed E-state index contributed by atoms with van der Waals surface area (Å²) in [5, 5.41) is 0. The van der Waals surface area contributed by atoms with Gasteiger partial charge < -0.3 is 9.64 Å². The third kappa shape index (κ3) is 4.98. The van der Waals surface area contributed by atoms with E-state index in [1.54, 1.807) is 0 Å². The minimum Gasteiger partial charge on any atom is -0.468 e.